The highest BCUT2D eigenvalue weighted by atomic mass is 35.5. The molecule has 0 aliphatic carbocycles. The third-order valence-corrected chi connectivity index (χ3v) is 3.09. The van der Waals surface area contributed by atoms with Crippen LogP contribution in [-0.2, 0) is 6.61 Å². The Morgan fingerprint density at radius 3 is 2.42 bits per heavy atom. The Hall–Kier alpha value is -1.89. The minimum atomic E-state index is 0.215. The topological polar surface area (TPSA) is 59.0 Å². The number of nitriles is 1. The Morgan fingerprint density at radius 1 is 1.16 bits per heavy atom. The van der Waals surface area contributed by atoms with E-state index in [1.165, 1.54) is 0 Å². The number of nitrogens with two attached hydrogens (primary N) is 1. The zero-order valence-corrected chi connectivity index (χ0v) is 11.4. The minimum absolute atomic E-state index is 0.215. The molecule has 0 unspecified atom stereocenters. The maximum Gasteiger partial charge on any atom is 0.157 e. The third kappa shape index (κ3) is 3.11. The lowest BCUT2D eigenvalue weighted by atomic mass is 10.1. The molecular formula is C14H10Cl2N2O. The molecule has 0 aromatic heterocycles. The van der Waals surface area contributed by atoms with Crippen molar-refractivity contribution in [3.05, 3.63) is 57.6 Å². The van der Waals surface area contributed by atoms with Crippen molar-refractivity contribution in [3.8, 4) is 11.8 Å². The van der Waals surface area contributed by atoms with Crippen molar-refractivity contribution in [1.82, 2.24) is 0 Å². The summed E-state index contributed by atoms with van der Waals surface area (Å²) < 4.78 is 5.58. The molecule has 96 valence electrons. The first-order valence-electron chi connectivity index (χ1n) is 5.47. The monoisotopic (exact) mass is 292 g/mol. The smallest absolute Gasteiger partial charge is 0.157 e. The molecule has 0 radical (unpaired) electrons. The van der Waals surface area contributed by atoms with Crippen LogP contribution in [0.3, 0.4) is 0 Å². The van der Waals surface area contributed by atoms with E-state index in [4.69, 9.17) is 38.9 Å². The summed E-state index contributed by atoms with van der Waals surface area (Å²) in [6.45, 7) is 0.215. The van der Waals surface area contributed by atoms with Gasteiger partial charge in [0.15, 0.2) is 5.75 Å². The van der Waals surface area contributed by atoms with Crippen LogP contribution in [0.5, 0.6) is 5.75 Å². The Bertz CT molecular complexity index is 627. The van der Waals surface area contributed by atoms with Crippen molar-refractivity contribution < 1.29 is 4.74 Å². The number of nitrogens with zero attached hydrogens (tertiary/aromatic N) is 1. The molecule has 3 nitrogen and oxygen atoms in total. The molecule has 0 saturated carbocycles. The van der Waals surface area contributed by atoms with Crippen LogP contribution < -0.4 is 10.5 Å². The lowest BCUT2D eigenvalue weighted by Gasteiger charge is -2.11. The molecule has 0 amide bonds. The number of nitrogen functional groups attached to an aromatic ring is 1. The summed E-state index contributed by atoms with van der Waals surface area (Å²) in [7, 11) is 0. The van der Waals surface area contributed by atoms with Gasteiger partial charge < -0.3 is 10.5 Å². The number of hydrogen-bond acceptors (Lipinski definition) is 3. The predicted octanol–water partition coefficient (Wildman–Crippen LogP) is 4.03. The number of ether oxygens (including phenoxy) is 1. The first-order chi connectivity index (χ1) is 9.11. The number of benzene rings is 2. The Labute approximate surface area is 121 Å². The van der Waals surface area contributed by atoms with E-state index in [9.17, 15) is 0 Å². The van der Waals surface area contributed by atoms with Gasteiger partial charge in [-0.25, -0.2) is 0 Å². The van der Waals surface area contributed by atoms with Gasteiger partial charge >= 0.3 is 0 Å². The quantitative estimate of drug-likeness (QED) is 0.869. The van der Waals surface area contributed by atoms with E-state index in [2.05, 4.69) is 6.07 Å². The first kappa shape index (κ1) is 13.5. The fourth-order valence-electron chi connectivity index (χ4n) is 1.62. The number of halogens is 2. The standard InChI is InChI=1S/C14H10Cl2N2O/c15-12-5-11(18)6-13(16)14(12)19-8-10-4-2-1-3-9(10)7-17/h1-6H,8,18H2. The Kier molecular flexibility index (Phi) is 4.16. The van der Waals surface area contributed by atoms with Gasteiger partial charge in [0, 0.05) is 11.3 Å². The van der Waals surface area contributed by atoms with Crippen LogP contribution in [0.25, 0.3) is 0 Å². The molecule has 5 heteroatoms. The van der Waals surface area contributed by atoms with Crippen molar-refractivity contribution >= 4 is 28.9 Å². The highest BCUT2D eigenvalue weighted by molar-refractivity contribution is 6.37. The number of hydrogen-bond donors (Lipinski definition) is 1. The summed E-state index contributed by atoms with van der Waals surface area (Å²) in [5.74, 6) is 0.366. The maximum atomic E-state index is 8.99. The van der Waals surface area contributed by atoms with E-state index in [1.807, 2.05) is 12.1 Å². The Balaban J connectivity index is 2.22. The molecule has 2 N–H and O–H groups in total. The van der Waals surface area contributed by atoms with E-state index in [-0.39, 0.29) is 6.61 Å². The maximum absolute atomic E-state index is 8.99. The lowest BCUT2D eigenvalue weighted by molar-refractivity contribution is 0.306. The summed E-state index contributed by atoms with van der Waals surface area (Å²) in [5, 5.41) is 9.68. The second kappa shape index (κ2) is 5.83. The summed E-state index contributed by atoms with van der Waals surface area (Å²) in [6, 6.07) is 12.4. The van der Waals surface area contributed by atoms with Gasteiger partial charge in [0.1, 0.15) is 6.61 Å². The van der Waals surface area contributed by atoms with Gasteiger partial charge in [-0.05, 0) is 18.2 Å². The molecule has 19 heavy (non-hydrogen) atoms. The molecule has 0 aliphatic rings. The fourth-order valence-corrected chi connectivity index (χ4v) is 2.24. The van der Waals surface area contributed by atoms with Crippen LogP contribution in [0.1, 0.15) is 11.1 Å². The van der Waals surface area contributed by atoms with Gasteiger partial charge in [0.25, 0.3) is 0 Å². The second-order valence-electron chi connectivity index (χ2n) is 3.87. The molecule has 0 saturated heterocycles. The summed E-state index contributed by atoms with van der Waals surface area (Å²) in [4.78, 5) is 0. The van der Waals surface area contributed by atoms with Gasteiger partial charge in [0.05, 0.1) is 21.7 Å². The van der Waals surface area contributed by atoms with E-state index in [0.717, 1.165) is 5.56 Å². The largest absolute Gasteiger partial charge is 0.486 e. The number of anilines is 1. The van der Waals surface area contributed by atoms with Gasteiger partial charge in [-0.3, -0.25) is 0 Å². The van der Waals surface area contributed by atoms with Crippen molar-refractivity contribution in [1.29, 1.82) is 5.26 Å². The van der Waals surface area contributed by atoms with Crippen molar-refractivity contribution in [3.63, 3.8) is 0 Å². The van der Waals surface area contributed by atoms with Crippen LogP contribution in [-0.4, -0.2) is 0 Å². The zero-order chi connectivity index (χ0) is 13.8. The first-order valence-corrected chi connectivity index (χ1v) is 6.22. The molecule has 2 aromatic carbocycles. The van der Waals surface area contributed by atoms with Gasteiger partial charge in [0.2, 0.25) is 0 Å². The SMILES string of the molecule is N#Cc1ccccc1COc1c(Cl)cc(N)cc1Cl. The highest BCUT2D eigenvalue weighted by Crippen LogP contribution is 2.35. The van der Waals surface area contributed by atoms with Gasteiger partial charge in [-0.15, -0.1) is 0 Å². The fraction of sp³-hybridized carbons (Fsp3) is 0.0714. The molecule has 0 atom stereocenters. The molecular weight excluding hydrogens is 283 g/mol. The molecule has 2 aromatic rings. The normalized spacial score (nSPS) is 9.95. The van der Waals surface area contributed by atoms with E-state index in [0.29, 0.717) is 27.0 Å². The predicted molar refractivity (Wildman–Crippen MR) is 76.4 cm³/mol. The van der Waals surface area contributed by atoms with Crippen molar-refractivity contribution in [2.24, 2.45) is 0 Å². The summed E-state index contributed by atoms with van der Waals surface area (Å²) in [5.41, 5.74) is 7.42. The van der Waals surface area contributed by atoms with E-state index < -0.39 is 0 Å². The lowest BCUT2D eigenvalue weighted by Crippen LogP contribution is -1.99. The molecule has 0 heterocycles. The molecule has 2 rings (SSSR count). The van der Waals surface area contributed by atoms with E-state index in [1.54, 1.807) is 24.3 Å². The minimum Gasteiger partial charge on any atom is -0.486 e. The summed E-state index contributed by atoms with van der Waals surface area (Å²) in [6.07, 6.45) is 0. The van der Waals surface area contributed by atoms with E-state index >= 15 is 0 Å². The molecule has 0 aliphatic heterocycles. The van der Waals surface area contributed by atoms with Gasteiger partial charge in [-0.2, -0.15) is 5.26 Å². The van der Waals surface area contributed by atoms with Crippen LogP contribution in [0.15, 0.2) is 36.4 Å². The van der Waals surface area contributed by atoms with Crippen LogP contribution in [0, 0.1) is 11.3 Å². The highest BCUT2D eigenvalue weighted by Gasteiger charge is 2.10. The average Bonchev–Trinajstić information content (AvgIpc) is 2.38. The van der Waals surface area contributed by atoms with Crippen LogP contribution >= 0.6 is 23.2 Å². The second-order valence-corrected chi connectivity index (χ2v) is 4.69. The third-order valence-electron chi connectivity index (χ3n) is 2.53. The van der Waals surface area contributed by atoms with Crippen LogP contribution in [0.4, 0.5) is 5.69 Å². The van der Waals surface area contributed by atoms with Crippen molar-refractivity contribution in [2.75, 3.05) is 5.73 Å². The van der Waals surface area contributed by atoms with Crippen molar-refractivity contribution in [2.45, 2.75) is 6.61 Å². The average molecular weight is 293 g/mol. The summed E-state index contributed by atoms with van der Waals surface area (Å²) >= 11 is 12.0. The van der Waals surface area contributed by atoms with Gasteiger partial charge in [-0.1, -0.05) is 41.4 Å². The molecule has 0 bridgehead atoms. The molecule has 0 spiro atoms. The Morgan fingerprint density at radius 2 is 1.79 bits per heavy atom. The van der Waals surface area contributed by atoms with Crippen LogP contribution in [0.2, 0.25) is 10.0 Å². The zero-order valence-electron chi connectivity index (χ0n) is 9.86. The number of rotatable bonds is 3. The molecule has 0 fully saturated rings.